The molecule has 0 saturated carbocycles. The maximum absolute atomic E-state index is 13.1. The van der Waals surface area contributed by atoms with E-state index in [1.807, 2.05) is 17.0 Å². The Bertz CT molecular complexity index is 800. The molecule has 1 amide bonds. The SMILES string of the molecule is CC(C)Cn1nc(C2CCCCN2C(=O)c2ccccn2)c2c1CCOC2. The average Bonchev–Trinajstić information content (AvgIpc) is 3.06. The molecule has 0 spiro atoms. The molecule has 1 saturated heterocycles. The number of aromatic nitrogens is 3. The third-order valence-electron chi connectivity index (χ3n) is 5.43. The van der Waals surface area contributed by atoms with Gasteiger partial charge in [-0.1, -0.05) is 19.9 Å². The molecule has 2 aromatic rings. The van der Waals surface area contributed by atoms with Crippen molar-refractivity contribution in [3.63, 3.8) is 0 Å². The van der Waals surface area contributed by atoms with Gasteiger partial charge in [0.15, 0.2) is 0 Å². The van der Waals surface area contributed by atoms with Crippen LogP contribution in [-0.2, 0) is 24.3 Å². The van der Waals surface area contributed by atoms with E-state index in [1.165, 1.54) is 11.3 Å². The number of fused-ring (bicyclic) bond motifs is 1. The van der Waals surface area contributed by atoms with Gasteiger partial charge in [0, 0.05) is 37.0 Å². The van der Waals surface area contributed by atoms with E-state index < -0.39 is 0 Å². The second-order valence-electron chi connectivity index (χ2n) is 7.91. The van der Waals surface area contributed by atoms with E-state index in [4.69, 9.17) is 9.84 Å². The molecule has 2 aliphatic heterocycles. The van der Waals surface area contributed by atoms with Crippen molar-refractivity contribution in [1.82, 2.24) is 19.7 Å². The summed E-state index contributed by atoms with van der Waals surface area (Å²) < 4.78 is 7.92. The van der Waals surface area contributed by atoms with Gasteiger partial charge in [0.1, 0.15) is 5.69 Å². The van der Waals surface area contributed by atoms with Gasteiger partial charge in [0.05, 0.1) is 24.9 Å². The number of likely N-dealkylation sites (tertiary alicyclic amines) is 1. The molecule has 144 valence electrons. The van der Waals surface area contributed by atoms with Crippen LogP contribution in [0.15, 0.2) is 24.4 Å². The Hall–Kier alpha value is -2.21. The van der Waals surface area contributed by atoms with E-state index in [9.17, 15) is 4.79 Å². The largest absolute Gasteiger partial charge is 0.376 e. The normalized spacial score (nSPS) is 20.0. The van der Waals surface area contributed by atoms with Gasteiger partial charge in [-0.25, -0.2) is 0 Å². The number of carbonyl (C=O) groups excluding carboxylic acids is 1. The number of ether oxygens (including phenoxy) is 1. The third-order valence-corrected chi connectivity index (χ3v) is 5.43. The van der Waals surface area contributed by atoms with E-state index >= 15 is 0 Å². The highest BCUT2D eigenvalue weighted by Gasteiger charge is 2.35. The highest BCUT2D eigenvalue weighted by Crippen LogP contribution is 2.36. The van der Waals surface area contributed by atoms with Crippen LogP contribution >= 0.6 is 0 Å². The molecule has 0 radical (unpaired) electrons. The van der Waals surface area contributed by atoms with E-state index in [0.29, 0.717) is 18.2 Å². The summed E-state index contributed by atoms with van der Waals surface area (Å²) >= 11 is 0. The van der Waals surface area contributed by atoms with E-state index in [2.05, 4.69) is 23.5 Å². The maximum atomic E-state index is 13.1. The van der Waals surface area contributed by atoms with Crippen LogP contribution in [0.25, 0.3) is 0 Å². The molecule has 0 bridgehead atoms. The van der Waals surface area contributed by atoms with Crippen molar-refractivity contribution in [3.8, 4) is 0 Å². The minimum absolute atomic E-state index is 0.00388. The van der Waals surface area contributed by atoms with Gasteiger partial charge >= 0.3 is 0 Å². The summed E-state index contributed by atoms with van der Waals surface area (Å²) in [4.78, 5) is 19.4. The number of carbonyl (C=O) groups is 1. The molecule has 2 aliphatic rings. The van der Waals surface area contributed by atoms with E-state index in [1.54, 1.807) is 12.3 Å². The van der Waals surface area contributed by atoms with Gasteiger partial charge in [-0.05, 0) is 37.3 Å². The zero-order valence-electron chi connectivity index (χ0n) is 16.2. The molecule has 1 fully saturated rings. The monoisotopic (exact) mass is 368 g/mol. The molecule has 4 rings (SSSR count). The van der Waals surface area contributed by atoms with Crippen LogP contribution in [0.1, 0.15) is 66.6 Å². The standard InChI is InChI=1S/C21H28N4O2/c1-15(2)13-25-18-9-12-27-14-16(18)20(23-25)19-8-4-6-11-24(19)21(26)17-7-3-5-10-22-17/h3,5,7,10,15,19H,4,6,8-9,11-14H2,1-2H3. The van der Waals surface area contributed by atoms with Crippen LogP contribution in [0.4, 0.5) is 0 Å². The predicted molar refractivity (Wildman–Crippen MR) is 102 cm³/mol. The summed E-state index contributed by atoms with van der Waals surface area (Å²) in [6.45, 7) is 7.44. The third kappa shape index (κ3) is 3.63. The topological polar surface area (TPSA) is 60.2 Å². The van der Waals surface area contributed by atoms with Gasteiger partial charge in [-0.2, -0.15) is 5.10 Å². The first-order valence-corrected chi connectivity index (χ1v) is 10.0. The van der Waals surface area contributed by atoms with E-state index in [-0.39, 0.29) is 11.9 Å². The van der Waals surface area contributed by atoms with Crippen molar-refractivity contribution in [2.45, 2.75) is 58.7 Å². The number of nitrogens with zero attached hydrogens (tertiary/aromatic N) is 4. The lowest BCUT2D eigenvalue weighted by Crippen LogP contribution is -2.39. The fourth-order valence-corrected chi connectivity index (χ4v) is 4.19. The second-order valence-corrected chi connectivity index (χ2v) is 7.91. The summed E-state index contributed by atoms with van der Waals surface area (Å²) in [5.41, 5.74) is 4.04. The van der Waals surface area contributed by atoms with Crippen LogP contribution in [-0.4, -0.2) is 38.7 Å². The molecular weight excluding hydrogens is 340 g/mol. The van der Waals surface area contributed by atoms with Gasteiger partial charge in [0.2, 0.25) is 0 Å². The van der Waals surface area contributed by atoms with Crippen molar-refractivity contribution in [2.24, 2.45) is 5.92 Å². The lowest BCUT2D eigenvalue weighted by Gasteiger charge is -2.35. The molecule has 6 heteroatoms. The lowest BCUT2D eigenvalue weighted by molar-refractivity contribution is 0.0590. The van der Waals surface area contributed by atoms with Crippen molar-refractivity contribution in [3.05, 3.63) is 47.0 Å². The van der Waals surface area contributed by atoms with Crippen molar-refractivity contribution >= 4 is 5.91 Å². The second kappa shape index (κ2) is 7.80. The smallest absolute Gasteiger partial charge is 0.273 e. The van der Waals surface area contributed by atoms with Crippen LogP contribution < -0.4 is 0 Å². The number of pyridine rings is 1. The Morgan fingerprint density at radius 3 is 3.00 bits per heavy atom. The predicted octanol–water partition coefficient (Wildman–Crippen LogP) is 3.37. The number of piperidine rings is 1. The Morgan fingerprint density at radius 1 is 1.33 bits per heavy atom. The van der Waals surface area contributed by atoms with E-state index in [0.717, 1.165) is 51.1 Å². The first-order valence-electron chi connectivity index (χ1n) is 10.0. The Morgan fingerprint density at radius 2 is 2.22 bits per heavy atom. The first-order chi connectivity index (χ1) is 13.1. The van der Waals surface area contributed by atoms with Crippen LogP contribution in [0.2, 0.25) is 0 Å². The zero-order valence-corrected chi connectivity index (χ0v) is 16.2. The highest BCUT2D eigenvalue weighted by atomic mass is 16.5. The molecule has 1 atom stereocenters. The molecule has 4 heterocycles. The van der Waals surface area contributed by atoms with Crippen LogP contribution in [0.5, 0.6) is 0 Å². The van der Waals surface area contributed by atoms with Gasteiger partial charge in [-0.3, -0.25) is 14.5 Å². The average molecular weight is 368 g/mol. The fourth-order valence-electron chi connectivity index (χ4n) is 4.19. The minimum atomic E-state index is 0.00388. The summed E-state index contributed by atoms with van der Waals surface area (Å²) in [6, 6.07) is 5.51. The molecular formula is C21H28N4O2. The maximum Gasteiger partial charge on any atom is 0.273 e. The van der Waals surface area contributed by atoms with Crippen LogP contribution in [0.3, 0.4) is 0 Å². The Labute approximate surface area is 160 Å². The molecule has 2 aromatic heterocycles. The van der Waals surface area contributed by atoms with Crippen molar-refractivity contribution in [2.75, 3.05) is 13.2 Å². The molecule has 27 heavy (non-hydrogen) atoms. The minimum Gasteiger partial charge on any atom is -0.376 e. The van der Waals surface area contributed by atoms with Gasteiger partial charge < -0.3 is 9.64 Å². The summed E-state index contributed by atoms with van der Waals surface area (Å²) in [5.74, 6) is 0.534. The van der Waals surface area contributed by atoms with Gasteiger partial charge in [-0.15, -0.1) is 0 Å². The molecule has 0 aromatic carbocycles. The van der Waals surface area contributed by atoms with Crippen molar-refractivity contribution < 1.29 is 9.53 Å². The summed E-state index contributed by atoms with van der Waals surface area (Å²) in [5, 5.41) is 5.00. The molecule has 1 unspecified atom stereocenters. The number of rotatable bonds is 4. The van der Waals surface area contributed by atoms with Crippen LogP contribution in [0, 0.1) is 5.92 Å². The Balaban J connectivity index is 1.70. The lowest BCUT2D eigenvalue weighted by atomic mass is 9.95. The summed E-state index contributed by atoms with van der Waals surface area (Å²) in [7, 11) is 0. The number of hydrogen-bond acceptors (Lipinski definition) is 4. The summed E-state index contributed by atoms with van der Waals surface area (Å²) in [6.07, 6.45) is 5.67. The highest BCUT2D eigenvalue weighted by molar-refractivity contribution is 5.92. The molecule has 0 aliphatic carbocycles. The Kier molecular flexibility index (Phi) is 5.25. The van der Waals surface area contributed by atoms with Crippen molar-refractivity contribution in [1.29, 1.82) is 0 Å². The number of hydrogen-bond donors (Lipinski definition) is 0. The fraction of sp³-hybridized carbons (Fsp3) is 0.571. The quantitative estimate of drug-likeness (QED) is 0.830. The van der Waals surface area contributed by atoms with Gasteiger partial charge in [0.25, 0.3) is 5.91 Å². The number of amides is 1. The first kappa shape index (κ1) is 18.2. The molecule has 0 N–H and O–H groups in total. The zero-order chi connectivity index (χ0) is 18.8. The molecule has 6 nitrogen and oxygen atoms in total.